The second-order valence-corrected chi connectivity index (χ2v) is 6.86. The van der Waals surface area contributed by atoms with E-state index in [0.29, 0.717) is 5.16 Å². The Labute approximate surface area is 119 Å². The van der Waals surface area contributed by atoms with Gasteiger partial charge in [0.2, 0.25) is 0 Å². The molecular formula is C12H15N3O2S2. The van der Waals surface area contributed by atoms with E-state index in [0.717, 1.165) is 10.7 Å². The van der Waals surface area contributed by atoms with Gasteiger partial charge in [0.25, 0.3) is 0 Å². The second kappa shape index (κ2) is 5.34. The number of hydrogen-bond donors (Lipinski definition) is 1. The quantitative estimate of drug-likeness (QED) is 0.879. The first-order valence-corrected chi connectivity index (χ1v) is 7.60. The maximum atomic E-state index is 10.7. The first-order valence-electron chi connectivity index (χ1n) is 5.74. The maximum Gasteiger partial charge on any atom is 0.313 e. The molecule has 19 heavy (non-hydrogen) atoms. The predicted molar refractivity (Wildman–Crippen MR) is 76.7 cm³/mol. The van der Waals surface area contributed by atoms with Crippen molar-refractivity contribution in [3.05, 3.63) is 17.5 Å². The number of carboxylic acid groups (broad SMARTS) is 1. The van der Waals surface area contributed by atoms with Gasteiger partial charge in [-0.05, 0) is 32.2 Å². The van der Waals surface area contributed by atoms with Gasteiger partial charge in [-0.3, -0.25) is 9.36 Å². The van der Waals surface area contributed by atoms with Crippen LogP contribution in [0.25, 0.3) is 10.7 Å². The summed E-state index contributed by atoms with van der Waals surface area (Å²) in [6.45, 7) is 6.16. The molecule has 0 spiro atoms. The van der Waals surface area contributed by atoms with Crippen molar-refractivity contribution < 1.29 is 9.90 Å². The molecule has 2 aromatic rings. The van der Waals surface area contributed by atoms with E-state index >= 15 is 0 Å². The normalized spacial score (nSPS) is 11.7. The lowest BCUT2D eigenvalue weighted by Crippen LogP contribution is -2.23. The van der Waals surface area contributed by atoms with E-state index < -0.39 is 5.97 Å². The van der Waals surface area contributed by atoms with Crippen LogP contribution in [0.2, 0.25) is 0 Å². The monoisotopic (exact) mass is 297 g/mol. The average molecular weight is 297 g/mol. The van der Waals surface area contributed by atoms with Crippen LogP contribution in [-0.2, 0) is 10.3 Å². The molecule has 0 aliphatic heterocycles. The minimum Gasteiger partial charge on any atom is -0.481 e. The van der Waals surface area contributed by atoms with E-state index in [1.807, 2.05) is 22.1 Å². The van der Waals surface area contributed by atoms with Gasteiger partial charge in [-0.15, -0.1) is 21.5 Å². The Morgan fingerprint density at radius 2 is 2.21 bits per heavy atom. The molecule has 7 heteroatoms. The molecule has 2 heterocycles. The third-order valence-corrected chi connectivity index (χ3v) is 4.15. The summed E-state index contributed by atoms with van der Waals surface area (Å²) in [7, 11) is 0. The van der Waals surface area contributed by atoms with Gasteiger partial charge in [-0.1, -0.05) is 17.8 Å². The van der Waals surface area contributed by atoms with E-state index in [1.54, 1.807) is 11.3 Å². The van der Waals surface area contributed by atoms with Crippen molar-refractivity contribution in [3.63, 3.8) is 0 Å². The predicted octanol–water partition coefficient (Wildman–Crippen LogP) is 2.94. The number of carboxylic acids is 1. The highest BCUT2D eigenvalue weighted by Crippen LogP contribution is 2.32. The molecule has 102 valence electrons. The van der Waals surface area contributed by atoms with Crippen LogP contribution in [0, 0.1) is 0 Å². The summed E-state index contributed by atoms with van der Waals surface area (Å²) in [5.74, 6) is -0.0833. The number of thioether (sulfide) groups is 1. The third kappa shape index (κ3) is 3.16. The fourth-order valence-electron chi connectivity index (χ4n) is 1.66. The summed E-state index contributed by atoms with van der Waals surface area (Å²) < 4.78 is 1.99. The summed E-state index contributed by atoms with van der Waals surface area (Å²) in [6, 6.07) is 3.95. The molecule has 5 nitrogen and oxygen atoms in total. The van der Waals surface area contributed by atoms with E-state index in [1.165, 1.54) is 11.8 Å². The zero-order valence-electron chi connectivity index (χ0n) is 11.0. The molecule has 0 unspecified atom stereocenters. The smallest absolute Gasteiger partial charge is 0.313 e. The molecule has 2 aromatic heterocycles. The van der Waals surface area contributed by atoms with Gasteiger partial charge in [0.1, 0.15) is 0 Å². The Kier molecular flexibility index (Phi) is 3.96. The molecule has 0 aromatic carbocycles. The average Bonchev–Trinajstić information content (AvgIpc) is 2.93. The fourth-order valence-corrected chi connectivity index (χ4v) is 3.20. The number of carbonyl (C=O) groups is 1. The van der Waals surface area contributed by atoms with E-state index in [2.05, 4.69) is 31.0 Å². The van der Waals surface area contributed by atoms with Crippen molar-refractivity contribution in [1.82, 2.24) is 14.8 Å². The Hall–Kier alpha value is -1.34. The lowest BCUT2D eigenvalue weighted by atomic mass is 10.1. The zero-order chi connectivity index (χ0) is 14.0. The van der Waals surface area contributed by atoms with Gasteiger partial charge < -0.3 is 5.11 Å². The molecule has 0 saturated heterocycles. The maximum absolute atomic E-state index is 10.7. The Morgan fingerprint density at radius 1 is 1.47 bits per heavy atom. The summed E-state index contributed by atoms with van der Waals surface area (Å²) in [4.78, 5) is 11.7. The molecule has 0 radical (unpaired) electrons. The minimum absolute atomic E-state index is 0.0152. The van der Waals surface area contributed by atoms with Crippen LogP contribution in [-0.4, -0.2) is 31.6 Å². The highest BCUT2D eigenvalue weighted by Gasteiger charge is 2.24. The van der Waals surface area contributed by atoms with Crippen molar-refractivity contribution in [2.75, 3.05) is 5.75 Å². The molecule has 0 aliphatic carbocycles. The molecular weight excluding hydrogens is 282 g/mol. The number of thiophene rings is 1. The van der Waals surface area contributed by atoms with Crippen LogP contribution in [0.1, 0.15) is 20.8 Å². The molecule has 0 amide bonds. The SMILES string of the molecule is CC(C)(C)n1c(SCC(=O)O)nnc1-c1cccs1. The van der Waals surface area contributed by atoms with Crippen LogP contribution >= 0.6 is 23.1 Å². The lowest BCUT2D eigenvalue weighted by Gasteiger charge is -2.24. The molecule has 2 rings (SSSR count). The van der Waals surface area contributed by atoms with Crippen LogP contribution in [0.4, 0.5) is 0 Å². The van der Waals surface area contributed by atoms with Crippen molar-refractivity contribution in [3.8, 4) is 10.7 Å². The van der Waals surface area contributed by atoms with Crippen molar-refractivity contribution >= 4 is 29.1 Å². The summed E-state index contributed by atoms with van der Waals surface area (Å²) in [5.41, 5.74) is -0.205. The first kappa shape index (κ1) is 14.1. The molecule has 0 bridgehead atoms. The van der Waals surface area contributed by atoms with Crippen LogP contribution in [0.3, 0.4) is 0 Å². The third-order valence-electron chi connectivity index (χ3n) is 2.37. The lowest BCUT2D eigenvalue weighted by molar-refractivity contribution is -0.133. The van der Waals surface area contributed by atoms with E-state index in [-0.39, 0.29) is 11.3 Å². The van der Waals surface area contributed by atoms with Crippen LogP contribution in [0.15, 0.2) is 22.7 Å². The fraction of sp³-hybridized carbons (Fsp3) is 0.417. The number of nitrogens with zero attached hydrogens (tertiary/aromatic N) is 3. The zero-order valence-corrected chi connectivity index (χ0v) is 12.6. The van der Waals surface area contributed by atoms with Gasteiger partial charge in [0, 0.05) is 5.54 Å². The summed E-state index contributed by atoms with van der Waals surface area (Å²) in [5, 5.41) is 19.7. The summed E-state index contributed by atoms with van der Waals surface area (Å²) in [6.07, 6.45) is 0. The highest BCUT2D eigenvalue weighted by molar-refractivity contribution is 7.99. The van der Waals surface area contributed by atoms with Gasteiger partial charge in [-0.2, -0.15) is 0 Å². The summed E-state index contributed by atoms with van der Waals surface area (Å²) >= 11 is 2.79. The van der Waals surface area contributed by atoms with Crippen LogP contribution < -0.4 is 0 Å². The Morgan fingerprint density at radius 3 is 2.74 bits per heavy atom. The second-order valence-electron chi connectivity index (χ2n) is 4.97. The van der Waals surface area contributed by atoms with E-state index in [4.69, 9.17) is 5.11 Å². The van der Waals surface area contributed by atoms with Gasteiger partial charge >= 0.3 is 5.97 Å². The van der Waals surface area contributed by atoms with E-state index in [9.17, 15) is 4.79 Å². The van der Waals surface area contributed by atoms with Gasteiger partial charge in [0.05, 0.1) is 10.6 Å². The first-order chi connectivity index (χ1) is 8.89. The van der Waals surface area contributed by atoms with Gasteiger partial charge in [-0.25, -0.2) is 0 Å². The van der Waals surface area contributed by atoms with Crippen LogP contribution in [0.5, 0.6) is 0 Å². The topological polar surface area (TPSA) is 68.0 Å². The molecule has 0 saturated carbocycles. The molecule has 0 fully saturated rings. The highest BCUT2D eigenvalue weighted by atomic mass is 32.2. The standard InChI is InChI=1S/C12H15N3O2S2/c1-12(2,3)15-10(8-5-4-6-18-8)13-14-11(15)19-7-9(16)17/h4-6H,7H2,1-3H3,(H,16,17). The largest absolute Gasteiger partial charge is 0.481 e. The minimum atomic E-state index is -0.855. The Balaban J connectivity index is 2.43. The van der Waals surface area contributed by atoms with Crippen molar-refractivity contribution in [1.29, 1.82) is 0 Å². The molecule has 0 aliphatic rings. The number of rotatable bonds is 4. The van der Waals surface area contributed by atoms with Gasteiger partial charge in [0.15, 0.2) is 11.0 Å². The van der Waals surface area contributed by atoms with Crippen molar-refractivity contribution in [2.24, 2.45) is 0 Å². The molecule has 0 atom stereocenters. The number of hydrogen-bond acceptors (Lipinski definition) is 5. The van der Waals surface area contributed by atoms with Crippen molar-refractivity contribution in [2.45, 2.75) is 31.5 Å². The number of aromatic nitrogens is 3. The number of aliphatic carboxylic acids is 1. The molecule has 1 N–H and O–H groups in total. The Bertz CT molecular complexity index is 570.